The number of rotatable bonds is 3. The summed E-state index contributed by atoms with van der Waals surface area (Å²) in [5.74, 6) is 0. The Hall–Kier alpha value is -1.55. The van der Waals surface area contributed by atoms with Crippen LogP contribution in [0.4, 0.5) is 0 Å². The summed E-state index contributed by atoms with van der Waals surface area (Å²) in [5.41, 5.74) is 10.6. The molecule has 0 fully saturated rings. The summed E-state index contributed by atoms with van der Waals surface area (Å²) < 4.78 is 2.14. The van der Waals surface area contributed by atoms with Gasteiger partial charge in [-0.05, 0) is 31.5 Å². The fourth-order valence-corrected chi connectivity index (χ4v) is 2.50. The van der Waals surface area contributed by atoms with Crippen LogP contribution in [0.1, 0.15) is 17.8 Å². The lowest BCUT2D eigenvalue weighted by molar-refractivity contribution is 0.643. The van der Waals surface area contributed by atoms with Gasteiger partial charge in [-0.15, -0.1) is 0 Å². The number of H-pyrrole nitrogens is 1. The molecule has 0 aromatic carbocycles. The van der Waals surface area contributed by atoms with Crippen LogP contribution in [0.2, 0.25) is 0 Å². The molecule has 3 heterocycles. The van der Waals surface area contributed by atoms with Crippen molar-refractivity contribution in [3.05, 3.63) is 29.7 Å². The second kappa shape index (κ2) is 3.79. The van der Waals surface area contributed by atoms with Crippen molar-refractivity contribution in [2.45, 2.75) is 25.8 Å². The van der Waals surface area contributed by atoms with Crippen LogP contribution in [0.15, 0.2) is 18.3 Å². The minimum atomic E-state index is 0.657. The topological polar surface area (TPSA) is 59.6 Å². The maximum atomic E-state index is 5.64. The van der Waals surface area contributed by atoms with Crippen molar-refractivity contribution in [1.29, 1.82) is 0 Å². The Labute approximate surface area is 94.5 Å². The lowest BCUT2D eigenvalue weighted by Gasteiger charge is -2.01. The van der Waals surface area contributed by atoms with Crippen LogP contribution in [-0.4, -0.2) is 21.3 Å². The molecule has 0 spiro atoms. The lowest BCUT2D eigenvalue weighted by atomic mass is 10.1. The molecule has 0 atom stereocenters. The highest BCUT2D eigenvalue weighted by molar-refractivity contribution is 5.66. The minimum Gasteiger partial charge on any atom is -0.361 e. The maximum absolute atomic E-state index is 5.64. The van der Waals surface area contributed by atoms with Crippen molar-refractivity contribution in [3.8, 4) is 11.3 Å². The van der Waals surface area contributed by atoms with E-state index in [9.17, 15) is 0 Å². The van der Waals surface area contributed by atoms with E-state index >= 15 is 0 Å². The molecule has 3 rings (SSSR count). The van der Waals surface area contributed by atoms with Crippen LogP contribution < -0.4 is 5.73 Å². The predicted octanol–water partition coefficient (Wildman–Crippen LogP) is 1.33. The monoisotopic (exact) mass is 216 g/mol. The molecular weight excluding hydrogens is 200 g/mol. The number of nitrogens with zero attached hydrogens (tertiary/aromatic N) is 2. The van der Waals surface area contributed by atoms with Crippen LogP contribution in [0.3, 0.4) is 0 Å². The van der Waals surface area contributed by atoms with E-state index in [1.165, 1.54) is 23.4 Å². The van der Waals surface area contributed by atoms with Gasteiger partial charge in [0.05, 0.1) is 5.69 Å². The van der Waals surface area contributed by atoms with Gasteiger partial charge in [0, 0.05) is 36.1 Å². The van der Waals surface area contributed by atoms with Gasteiger partial charge in [0.15, 0.2) is 0 Å². The Bertz CT molecular complexity index is 481. The third-order valence-electron chi connectivity index (χ3n) is 3.16. The first kappa shape index (κ1) is 9.66. The molecule has 4 nitrogen and oxygen atoms in total. The summed E-state index contributed by atoms with van der Waals surface area (Å²) in [6.45, 7) is 1.71. The average Bonchev–Trinajstić information content (AvgIpc) is 2.91. The molecule has 3 N–H and O–H groups in total. The Kier molecular flexibility index (Phi) is 2.29. The van der Waals surface area contributed by atoms with Crippen LogP contribution >= 0.6 is 0 Å². The zero-order valence-corrected chi connectivity index (χ0v) is 9.24. The summed E-state index contributed by atoms with van der Waals surface area (Å²) in [7, 11) is 0. The molecule has 2 aromatic heterocycles. The van der Waals surface area contributed by atoms with Gasteiger partial charge in [-0.3, -0.25) is 4.68 Å². The Balaban J connectivity index is 2.13. The van der Waals surface area contributed by atoms with E-state index in [-0.39, 0.29) is 0 Å². The number of aromatic nitrogens is 3. The van der Waals surface area contributed by atoms with Gasteiger partial charge in [0.2, 0.25) is 0 Å². The number of hydrogen-bond donors (Lipinski definition) is 2. The van der Waals surface area contributed by atoms with Gasteiger partial charge in [0.1, 0.15) is 0 Å². The highest BCUT2D eigenvalue weighted by Gasteiger charge is 2.22. The van der Waals surface area contributed by atoms with Gasteiger partial charge in [0.25, 0.3) is 0 Å². The van der Waals surface area contributed by atoms with Crippen LogP contribution in [0.5, 0.6) is 0 Å². The van der Waals surface area contributed by atoms with Crippen molar-refractivity contribution < 1.29 is 0 Å². The summed E-state index contributed by atoms with van der Waals surface area (Å²) in [5, 5.41) is 4.65. The molecule has 16 heavy (non-hydrogen) atoms. The number of fused-ring (bicyclic) bond motifs is 1. The molecule has 1 aliphatic heterocycles. The summed E-state index contributed by atoms with van der Waals surface area (Å²) in [6.07, 6.45) is 5.15. The standard InChI is InChI=1S/C12H16N4/c13-6-5-10-12(9-3-1-7-14-9)11-4-2-8-16(11)15-10/h1,3,7,14H,2,4-6,8,13H2. The number of nitrogens with two attached hydrogens (primary N) is 1. The molecule has 0 amide bonds. The molecule has 2 aromatic rings. The average molecular weight is 216 g/mol. The van der Waals surface area contributed by atoms with E-state index in [4.69, 9.17) is 5.73 Å². The van der Waals surface area contributed by atoms with Gasteiger partial charge in [-0.1, -0.05) is 0 Å². The van der Waals surface area contributed by atoms with E-state index in [1.807, 2.05) is 12.3 Å². The molecular formula is C12H16N4. The first-order valence-electron chi connectivity index (χ1n) is 5.82. The van der Waals surface area contributed by atoms with E-state index < -0.39 is 0 Å². The molecule has 84 valence electrons. The van der Waals surface area contributed by atoms with E-state index in [1.54, 1.807) is 0 Å². The zero-order chi connectivity index (χ0) is 11.0. The summed E-state index contributed by atoms with van der Waals surface area (Å²) in [6, 6.07) is 4.14. The Morgan fingerprint density at radius 2 is 2.44 bits per heavy atom. The largest absolute Gasteiger partial charge is 0.361 e. The number of aromatic amines is 1. The smallest absolute Gasteiger partial charge is 0.0733 e. The van der Waals surface area contributed by atoms with E-state index in [2.05, 4.69) is 20.8 Å². The molecule has 0 bridgehead atoms. The molecule has 0 saturated heterocycles. The molecule has 0 aliphatic carbocycles. The Morgan fingerprint density at radius 1 is 1.50 bits per heavy atom. The predicted molar refractivity (Wildman–Crippen MR) is 63.1 cm³/mol. The van der Waals surface area contributed by atoms with Gasteiger partial charge < -0.3 is 10.7 Å². The zero-order valence-electron chi connectivity index (χ0n) is 9.24. The fraction of sp³-hybridized carbons (Fsp3) is 0.417. The van der Waals surface area contributed by atoms with Crippen LogP contribution in [0, 0.1) is 0 Å². The quantitative estimate of drug-likeness (QED) is 0.813. The normalized spacial score (nSPS) is 14.3. The number of nitrogens with one attached hydrogen (secondary N) is 1. The number of hydrogen-bond acceptors (Lipinski definition) is 2. The summed E-state index contributed by atoms with van der Waals surface area (Å²) >= 11 is 0. The molecule has 1 aliphatic rings. The third kappa shape index (κ3) is 1.38. The Morgan fingerprint density at radius 3 is 3.19 bits per heavy atom. The summed E-state index contributed by atoms with van der Waals surface area (Å²) in [4.78, 5) is 3.27. The van der Waals surface area contributed by atoms with Crippen molar-refractivity contribution >= 4 is 0 Å². The first-order valence-corrected chi connectivity index (χ1v) is 5.82. The molecule has 0 radical (unpaired) electrons. The van der Waals surface area contributed by atoms with Crippen molar-refractivity contribution in [2.75, 3.05) is 6.54 Å². The lowest BCUT2D eigenvalue weighted by Crippen LogP contribution is -2.05. The van der Waals surface area contributed by atoms with Crippen molar-refractivity contribution in [2.24, 2.45) is 5.73 Å². The second-order valence-corrected chi connectivity index (χ2v) is 4.22. The first-order chi connectivity index (χ1) is 7.90. The molecule has 0 saturated carbocycles. The van der Waals surface area contributed by atoms with Crippen LogP contribution in [0.25, 0.3) is 11.3 Å². The second-order valence-electron chi connectivity index (χ2n) is 4.22. The molecule has 4 heteroatoms. The van der Waals surface area contributed by atoms with Gasteiger partial charge in [-0.2, -0.15) is 5.10 Å². The van der Waals surface area contributed by atoms with Crippen molar-refractivity contribution in [3.63, 3.8) is 0 Å². The van der Waals surface area contributed by atoms with Gasteiger partial charge in [-0.25, -0.2) is 0 Å². The highest BCUT2D eigenvalue weighted by Crippen LogP contribution is 2.30. The number of aryl methyl sites for hydroxylation is 1. The fourth-order valence-electron chi connectivity index (χ4n) is 2.50. The van der Waals surface area contributed by atoms with E-state index in [0.717, 1.165) is 25.1 Å². The van der Waals surface area contributed by atoms with Gasteiger partial charge >= 0.3 is 0 Å². The SMILES string of the molecule is NCCc1nn2c(c1-c1ccc[nH]1)CCC2. The van der Waals surface area contributed by atoms with Crippen molar-refractivity contribution in [1.82, 2.24) is 14.8 Å². The van der Waals surface area contributed by atoms with E-state index in [0.29, 0.717) is 6.54 Å². The maximum Gasteiger partial charge on any atom is 0.0733 e. The minimum absolute atomic E-state index is 0.657. The third-order valence-corrected chi connectivity index (χ3v) is 3.16. The molecule has 0 unspecified atom stereocenters. The highest BCUT2D eigenvalue weighted by atomic mass is 15.3. The van der Waals surface area contributed by atoms with Crippen LogP contribution in [-0.2, 0) is 19.4 Å².